The van der Waals surface area contributed by atoms with Gasteiger partial charge in [0, 0.05) is 37.3 Å². The molecule has 12 rings (SSSR count). The average molecular weight is 764 g/mol. The first-order chi connectivity index (χ1) is 28.7. The van der Waals surface area contributed by atoms with Crippen LogP contribution in [0.4, 0.5) is 0 Å². The Morgan fingerprint density at radius 1 is 0.483 bits per heavy atom. The van der Waals surface area contributed by atoms with E-state index < -0.39 is 5.41 Å². The Hall–Kier alpha value is -6.30. The van der Waals surface area contributed by atoms with E-state index in [1.807, 2.05) is 11.3 Å². The predicted molar refractivity (Wildman–Crippen MR) is 239 cm³/mol. The molecule has 0 amide bonds. The van der Waals surface area contributed by atoms with Crippen molar-refractivity contribution in [2.45, 2.75) is 36.5 Å². The first kappa shape index (κ1) is 33.8. The van der Waals surface area contributed by atoms with Gasteiger partial charge in [0.25, 0.3) is 0 Å². The van der Waals surface area contributed by atoms with Gasteiger partial charge in [0.05, 0.1) is 5.41 Å². The standard InChI is InChI=1S/C54H39N2OS/c1-2-12-35(13-3-1)47-29-30-48(56-53(55-47)38-26-28-42-41-16-6-11-21-51(41)58-52(42)33-38)36-24-22-34(23-25-36)37-27-31-50-46(32-37)54(45-19-9-10-20-49(45)57-50)43-17-7-4-14-39(43)40-15-5-8-18-44(40)54/h1-28,31-33,47-48,53,55H,29-30H2/q-1. The van der Waals surface area contributed by atoms with Crippen LogP contribution in [0.15, 0.2) is 188 Å². The quantitative estimate of drug-likeness (QED) is 0.194. The summed E-state index contributed by atoms with van der Waals surface area (Å²) in [5.74, 6) is 1.82. The minimum atomic E-state index is -0.483. The van der Waals surface area contributed by atoms with Crippen molar-refractivity contribution < 1.29 is 4.74 Å². The van der Waals surface area contributed by atoms with Crippen LogP contribution in [0.5, 0.6) is 11.5 Å². The highest BCUT2D eigenvalue weighted by Crippen LogP contribution is 2.62. The average Bonchev–Trinajstić information content (AvgIpc) is 3.70. The Morgan fingerprint density at radius 3 is 1.93 bits per heavy atom. The van der Waals surface area contributed by atoms with Crippen LogP contribution in [0.3, 0.4) is 0 Å². The summed E-state index contributed by atoms with van der Waals surface area (Å²) in [6.07, 6.45) is 1.83. The molecule has 1 aliphatic carbocycles. The summed E-state index contributed by atoms with van der Waals surface area (Å²) in [6.45, 7) is 0. The molecule has 278 valence electrons. The number of hydrogen-bond acceptors (Lipinski definition) is 3. The summed E-state index contributed by atoms with van der Waals surface area (Å²) in [7, 11) is 0. The predicted octanol–water partition coefficient (Wildman–Crippen LogP) is 14.4. The van der Waals surface area contributed by atoms with E-state index >= 15 is 0 Å². The van der Waals surface area contributed by atoms with E-state index in [1.165, 1.54) is 81.4 Å². The van der Waals surface area contributed by atoms with Crippen LogP contribution in [0.25, 0.3) is 47.7 Å². The molecule has 0 saturated carbocycles. The summed E-state index contributed by atoms with van der Waals surface area (Å²) in [4.78, 5) is 0. The third kappa shape index (κ3) is 5.19. The van der Waals surface area contributed by atoms with Crippen LogP contribution in [0.1, 0.15) is 70.0 Å². The van der Waals surface area contributed by atoms with E-state index in [2.05, 4.69) is 193 Å². The first-order valence-electron chi connectivity index (χ1n) is 20.4. The molecule has 3 unspecified atom stereocenters. The highest BCUT2D eigenvalue weighted by Gasteiger charge is 2.51. The summed E-state index contributed by atoms with van der Waals surface area (Å²) in [6, 6.07) is 69.2. The van der Waals surface area contributed by atoms with Gasteiger partial charge in [-0.05, 0) is 75.7 Å². The molecule has 1 aromatic heterocycles. The van der Waals surface area contributed by atoms with E-state index in [4.69, 9.17) is 10.1 Å². The van der Waals surface area contributed by atoms with Crippen LogP contribution >= 0.6 is 11.3 Å². The molecule has 9 aromatic rings. The van der Waals surface area contributed by atoms with Crippen molar-refractivity contribution in [2.75, 3.05) is 0 Å². The summed E-state index contributed by atoms with van der Waals surface area (Å²) in [5, 5.41) is 12.2. The molecule has 1 N–H and O–H groups in total. The summed E-state index contributed by atoms with van der Waals surface area (Å²) in [5.41, 5.74) is 13.2. The van der Waals surface area contributed by atoms with E-state index in [0.29, 0.717) is 0 Å². The lowest BCUT2D eigenvalue weighted by molar-refractivity contribution is 0.436. The van der Waals surface area contributed by atoms with Gasteiger partial charge in [-0.15, -0.1) is 17.4 Å². The van der Waals surface area contributed by atoms with Gasteiger partial charge in [-0.1, -0.05) is 181 Å². The second kappa shape index (κ2) is 13.4. The third-order valence-corrected chi connectivity index (χ3v) is 13.9. The summed E-state index contributed by atoms with van der Waals surface area (Å²) < 4.78 is 9.34. The molecule has 3 atom stereocenters. The van der Waals surface area contributed by atoms with Gasteiger partial charge >= 0.3 is 0 Å². The maximum atomic E-state index is 6.70. The molecule has 0 radical (unpaired) electrons. The van der Waals surface area contributed by atoms with Crippen molar-refractivity contribution in [1.29, 1.82) is 0 Å². The zero-order chi connectivity index (χ0) is 38.2. The molecular weight excluding hydrogens is 725 g/mol. The fourth-order valence-electron chi connectivity index (χ4n) is 10.1. The van der Waals surface area contributed by atoms with Crippen LogP contribution in [-0.4, -0.2) is 0 Å². The van der Waals surface area contributed by atoms with E-state index in [1.54, 1.807) is 0 Å². The van der Waals surface area contributed by atoms with Gasteiger partial charge in [0.1, 0.15) is 11.5 Å². The summed E-state index contributed by atoms with van der Waals surface area (Å²) >= 11 is 1.87. The molecule has 1 spiro atoms. The van der Waals surface area contributed by atoms with Crippen LogP contribution in [0.2, 0.25) is 0 Å². The number of para-hydroxylation sites is 1. The first-order valence-corrected chi connectivity index (χ1v) is 21.2. The number of benzene rings is 8. The molecule has 0 bridgehead atoms. The fraction of sp³-hybridized carbons (Fsp3) is 0.111. The third-order valence-electron chi connectivity index (χ3n) is 12.8. The number of nitrogens with one attached hydrogen (secondary N) is 1. The lowest BCUT2D eigenvalue weighted by Crippen LogP contribution is -2.32. The Bertz CT molecular complexity index is 2980. The molecule has 3 aliphatic rings. The Labute approximate surface area is 342 Å². The topological polar surface area (TPSA) is 35.4 Å². The van der Waals surface area contributed by atoms with Crippen LogP contribution in [-0.2, 0) is 5.41 Å². The lowest BCUT2D eigenvalue weighted by atomic mass is 9.66. The van der Waals surface area contributed by atoms with Crippen LogP contribution < -0.4 is 10.1 Å². The minimum Gasteiger partial charge on any atom is -0.637 e. The van der Waals surface area contributed by atoms with Gasteiger partial charge in [-0.2, -0.15) is 0 Å². The molecule has 3 heterocycles. The molecule has 4 heteroatoms. The fourth-order valence-corrected chi connectivity index (χ4v) is 11.3. The number of hydrogen-bond donors (Lipinski definition) is 1. The Balaban J connectivity index is 0.916. The number of rotatable bonds is 4. The smallest absolute Gasteiger partial charge is 0.132 e. The normalized spacial score (nSPS) is 18.9. The van der Waals surface area contributed by atoms with E-state index in [-0.39, 0.29) is 18.2 Å². The van der Waals surface area contributed by atoms with Gasteiger partial charge in [0.15, 0.2) is 0 Å². The molecule has 3 nitrogen and oxygen atoms in total. The molecule has 2 aliphatic heterocycles. The van der Waals surface area contributed by atoms with Gasteiger partial charge < -0.3 is 15.4 Å². The zero-order valence-electron chi connectivity index (χ0n) is 31.8. The highest BCUT2D eigenvalue weighted by molar-refractivity contribution is 7.25. The monoisotopic (exact) mass is 763 g/mol. The second-order valence-corrected chi connectivity index (χ2v) is 17.0. The molecule has 1 fully saturated rings. The number of ether oxygens (including phenoxy) is 1. The van der Waals surface area contributed by atoms with Crippen molar-refractivity contribution in [3.8, 4) is 33.8 Å². The molecule has 1 saturated heterocycles. The largest absolute Gasteiger partial charge is 0.637 e. The van der Waals surface area contributed by atoms with E-state index in [0.717, 1.165) is 24.3 Å². The van der Waals surface area contributed by atoms with Crippen molar-refractivity contribution in [3.05, 3.63) is 232 Å². The van der Waals surface area contributed by atoms with Gasteiger partial charge in [-0.3, -0.25) is 0 Å². The number of thiophene rings is 1. The van der Waals surface area contributed by atoms with Crippen LogP contribution in [0, 0.1) is 0 Å². The zero-order valence-corrected chi connectivity index (χ0v) is 32.6. The van der Waals surface area contributed by atoms with Gasteiger partial charge in [-0.25, -0.2) is 0 Å². The maximum absolute atomic E-state index is 6.70. The number of fused-ring (bicyclic) bond motifs is 12. The Kier molecular flexibility index (Phi) is 7.81. The number of nitrogens with zero attached hydrogens (tertiary/aromatic N) is 1. The van der Waals surface area contributed by atoms with Gasteiger partial charge in [0.2, 0.25) is 0 Å². The Morgan fingerprint density at radius 2 is 1.12 bits per heavy atom. The van der Waals surface area contributed by atoms with Crippen molar-refractivity contribution in [1.82, 2.24) is 5.32 Å². The van der Waals surface area contributed by atoms with E-state index in [9.17, 15) is 0 Å². The SMILES string of the molecule is c1ccc(C2CCC(c3ccc(-c4ccc5c(c4)C4(c6ccccc6O5)c5ccccc5-c5ccccc54)cc3)[N-]C(c3ccc4c(c3)sc3ccccc34)N2)cc1. The lowest BCUT2D eigenvalue weighted by Gasteiger charge is -2.39. The van der Waals surface area contributed by atoms with Crippen molar-refractivity contribution in [2.24, 2.45) is 0 Å². The highest BCUT2D eigenvalue weighted by atomic mass is 32.1. The molecule has 8 aromatic carbocycles. The second-order valence-electron chi connectivity index (χ2n) is 15.9. The molecule has 58 heavy (non-hydrogen) atoms. The minimum absolute atomic E-state index is 0.0570. The molecular formula is C54H39N2OS-. The van der Waals surface area contributed by atoms with Crippen molar-refractivity contribution >= 4 is 31.5 Å². The maximum Gasteiger partial charge on any atom is 0.132 e. The van der Waals surface area contributed by atoms with Crippen molar-refractivity contribution in [3.63, 3.8) is 0 Å².